The molecule has 190 valence electrons. The number of aryl methyl sites for hydroxylation is 1. The van der Waals surface area contributed by atoms with Gasteiger partial charge in [0.05, 0.1) is 10.6 Å². The van der Waals surface area contributed by atoms with E-state index in [4.69, 9.17) is 5.73 Å². The molecule has 0 unspecified atom stereocenters. The van der Waals surface area contributed by atoms with Crippen molar-refractivity contribution in [3.8, 4) is 0 Å². The lowest BCUT2D eigenvalue weighted by Crippen LogP contribution is -2.33. The van der Waals surface area contributed by atoms with Crippen LogP contribution in [0.25, 0.3) is 6.08 Å². The Kier molecular flexibility index (Phi) is 10.5. The molecule has 1 aromatic carbocycles. The predicted molar refractivity (Wildman–Crippen MR) is 149 cm³/mol. The lowest BCUT2D eigenvalue weighted by atomic mass is 10.1. The van der Waals surface area contributed by atoms with E-state index in [9.17, 15) is 4.79 Å². The molecule has 2 aromatic rings. The normalized spacial score (nSPS) is 13.3. The number of thiophene rings is 1. The maximum Gasteiger partial charge on any atom is 0.250 e. The molecule has 7 heteroatoms. The molecular formula is C28H41N5OS. The Bertz CT molecular complexity index is 1020. The molecule has 1 aliphatic heterocycles. The van der Waals surface area contributed by atoms with Crippen molar-refractivity contribution in [2.45, 2.75) is 58.5 Å². The van der Waals surface area contributed by atoms with Gasteiger partial charge in [0, 0.05) is 36.5 Å². The Morgan fingerprint density at radius 1 is 1.11 bits per heavy atom. The Balaban J connectivity index is 1.71. The van der Waals surface area contributed by atoms with Crippen molar-refractivity contribution in [3.63, 3.8) is 0 Å². The molecule has 3 rings (SSSR count). The van der Waals surface area contributed by atoms with Crippen molar-refractivity contribution in [1.29, 1.82) is 0 Å². The van der Waals surface area contributed by atoms with Crippen LogP contribution in [0.1, 0.15) is 59.9 Å². The van der Waals surface area contributed by atoms with Gasteiger partial charge in [0.2, 0.25) is 0 Å². The molecule has 0 atom stereocenters. The first-order valence-electron chi connectivity index (χ1n) is 12.7. The van der Waals surface area contributed by atoms with Crippen LogP contribution < -0.4 is 11.1 Å². The smallest absolute Gasteiger partial charge is 0.250 e. The Morgan fingerprint density at radius 2 is 1.86 bits per heavy atom. The second-order valence-corrected chi connectivity index (χ2v) is 10.8. The summed E-state index contributed by atoms with van der Waals surface area (Å²) in [4.78, 5) is 24.8. The lowest BCUT2D eigenvalue weighted by molar-refractivity contribution is -0.127. The highest BCUT2D eigenvalue weighted by Gasteiger charge is 2.22. The molecule has 0 aliphatic carbocycles. The summed E-state index contributed by atoms with van der Waals surface area (Å²) < 4.78 is 0. The maximum absolute atomic E-state index is 13.6. The van der Waals surface area contributed by atoms with Gasteiger partial charge in [-0.05, 0) is 76.6 Å². The highest BCUT2D eigenvalue weighted by molar-refractivity contribution is 7.13. The second kappa shape index (κ2) is 13.6. The fraction of sp³-hybridized carbons (Fsp3) is 0.500. The van der Waals surface area contributed by atoms with E-state index in [1.165, 1.54) is 29.7 Å². The average Bonchev–Trinajstić information content (AvgIpc) is 3.11. The van der Waals surface area contributed by atoms with Gasteiger partial charge >= 0.3 is 0 Å². The van der Waals surface area contributed by atoms with Gasteiger partial charge in [-0.15, -0.1) is 11.3 Å². The number of carbonyl (C=O) groups is 1. The molecule has 0 fully saturated rings. The number of benzene rings is 1. The van der Waals surface area contributed by atoms with Crippen LogP contribution in [0.15, 0.2) is 40.9 Å². The topological polar surface area (TPSA) is 74.0 Å². The number of carbonyl (C=O) groups excluding carboxylic acids is 1. The molecule has 0 radical (unpaired) electrons. The number of hydrogen-bond acceptors (Lipinski definition) is 6. The SMILES string of the molecule is CCCN(Cc1ccc(CNC)cc1)C(=O)C1=Cc2sc(CCCCCN(C)C)cc2N=C(N)C1. The van der Waals surface area contributed by atoms with Gasteiger partial charge in [0.15, 0.2) is 0 Å². The summed E-state index contributed by atoms with van der Waals surface area (Å²) >= 11 is 1.75. The number of fused-ring (bicyclic) bond motifs is 1. The molecule has 0 bridgehead atoms. The van der Waals surface area contributed by atoms with Gasteiger partial charge in [-0.3, -0.25) is 4.79 Å². The standard InChI is InChI=1S/C28H41N5OS/c1-5-14-33(20-22-12-10-21(11-13-22)19-30-2)28(34)23-16-26-25(31-27(29)17-23)18-24(35-26)9-7-6-8-15-32(3)4/h10-13,16,18,30H,5-9,14-15,17,19-20H2,1-4H3,(H2,29,31). The van der Waals surface area contributed by atoms with E-state index in [-0.39, 0.29) is 5.91 Å². The number of aliphatic imine (C=N–C) groups is 1. The predicted octanol–water partition coefficient (Wildman–Crippen LogP) is 4.96. The van der Waals surface area contributed by atoms with Crippen LogP contribution in [0.2, 0.25) is 0 Å². The highest BCUT2D eigenvalue weighted by atomic mass is 32.1. The molecule has 1 amide bonds. The van der Waals surface area contributed by atoms with E-state index in [0.29, 0.717) is 25.3 Å². The van der Waals surface area contributed by atoms with E-state index in [1.807, 2.05) is 18.0 Å². The van der Waals surface area contributed by atoms with Crippen LogP contribution in [0.5, 0.6) is 0 Å². The summed E-state index contributed by atoms with van der Waals surface area (Å²) in [6, 6.07) is 10.6. The Morgan fingerprint density at radius 3 is 2.54 bits per heavy atom. The summed E-state index contributed by atoms with van der Waals surface area (Å²) in [5.74, 6) is 0.558. The third-order valence-electron chi connectivity index (χ3n) is 6.09. The summed E-state index contributed by atoms with van der Waals surface area (Å²) in [6.45, 7) is 5.38. The molecule has 0 saturated heterocycles. The fourth-order valence-corrected chi connectivity index (χ4v) is 5.42. The number of rotatable bonds is 13. The van der Waals surface area contributed by atoms with Gasteiger partial charge in [-0.1, -0.05) is 37.6 Å². The first-order valence-corrected chi connectivity index (χ1v) is 13.5. The Hall–Kier alpha value is -2.48. The number of nitrogens with one attached hydrogen (secondary N) is 1. The monoisotopic (exact) mass is 495 g/mol. The zero-order valence-electron chi connectivity index (χ0n) is 21.8. The van der Waals surface area contributed by atoms with Crippen LogP contribution in [0.3, 0.4) is 0 Å². The number of unbranched alkanes of at least 4 members (excludes halogenated alkanes) is 2. The minimum absolute atomic E-state index is 0.0517. The van der Waals surface area contributed by atoms with Gasteiger partial charge in [-0.25, -0.2) is 4.99 Å². The molecule has 0 spiro atoms. The van der Waals surface area contributed by atoms with Gasteiger partial charge < -0.3 is 20.9 Å². The quantitative estimate of drug-likeness (QED) is 0.385. The van der Waals surface area contributed by atoms with Crippen molar-refractivity contribution < 1.29 is 4.79 Å². The molecule has 1 aliphatic rings. The van der Waals surface area contributed by atoms with E-state index in [2.05, 4.69) is 66.6 Å². The average molecular weight is 496 g/mol. The lowest BCUT2D eigenvalue weighted by Gasteiger charge is -2.23. The zero-order valence-corrected chi connectivity index (χ0v) is 22.6. The van der Waals surface area contributed by atoms with E-state index in [0.717, 1.165) is 47.6 Å². The molecular weight excluding hydrogens is 454 g/mol. The number of hydrogen-bond donors (Lipinski definition) is 2. The van der Waals surface area contributed by atoms with Gasteiger partial charge in [0.1, 0.15) is 5.84 Å². The second-order valence-electron chi connectivity index (χ2n) is 9.60. The zero-order chi connectivity index (χ0) is 25.2. The third-order valence-corrected chi connectivity index (χ3v) is 7.22. The largest absolute Gasteiger partial charge is 0.387 e. The van der Waals surface area contributed by atoms with Crippen molar-refractivity contribution in [2.24, 2.45) is 10.7 Å². The van der Waals surface area contributed by atoms with E-state index < -0.39 is 0 Å². The van der Waals surface area contributed by atoms with Crippen LogP contribution >= 0.6 is 11.3 Å². The minimum atomic E-state index is 0.0517. The Labute approximate surface area is 214 Å². The number of nitrogens with zero attached hydrogens (tertiary/aromatic N) is 3. The third kappa shape index (κ3) is 8.30. The van der Waals surface area contributed by atoms with Crippen molar-refractivity contribution in [3.05, 3.63) is 56.8 Å². The first kappa shape index (κ1) is 27.1. The molecule has 35 heavy (non-hydrogen) atoms. The fourth-order valence-electron chi connectivity index (χ4n) is 4.31. The van der Waals surface area contributed by atoms with E-state index in [1.54, 1.807) is 11.3 Å². The van der Waals surface area contributed by atoms with Crippen molar-refractivity contribution in [2.75, 3.05) is 34.2 Å². The van der Waals surface area contributed by atoms with Crippen molar-refractivity contribution >= 4 is 34.8 Å². The van der Waals surface area contributed by atoms with Crippen molar-refractivity contribution in [1.82, 2.24) is 15.1 Å². The molecule has 6 nitrogen and oxygen atoms in total. The van der Waals surface area contributed by atoms with Crippen LogP contribution in [-0.2, 0) is 24.3 Å². The molecule has 0 saturated carbocycles. The van der Waals surface area contributed by atoms with Gasteiger partial charge in [-0.2, -0.15) is 0 Å². The van der Waals surface area contributed by atoms with E-state index >= 15 is 0 Å². The highest BCUT2D eigenvalue weighted by Crippen LogP contribution is 2.35. The molecule has 3 N–H and O–H groups in total. The summed E-state index contributed by atoms with van der Waals surface area (Å²) in [5, 5.41) is 3.17. The molecule has 2 heterocycles. The summed E-state index contributed by atoms with van der Waals surface area (Å²) in [7, 11) is 6.18. The summed E-state index contributed by atoms with van der Waals surface area (Å²) in [5.41, 5.74) is 10.3. The van der Waals surface area contributed by atoms with Crippen LogP contribution in [0, 0.1) is 0 Å². The maximum atomic E-state index is 13.6. The van der Waals surface area contributed by atoms with Crippen LogP contribution in [-0.4, -0.2) is 55.8 Å². The number of amides is 1. The summed E-state index contributed by atoms with van der Waals surface area (Å²) in [6.07, 6.45) is 7.97. The first-order chi connectivity index (χ1) is 16.9. The van der Waals surface area contributed by atoms with Gasteiger partial charge in [0.25, 0.3) is 5.91 Å². The number of nitrogens with two attached hydrogens (primary N) is 1. The van der Waals surface area contributed by atoms with Crippen LogP contribution in [0.4, 0.5) is 5.69 Å². The minimum Gasteiger partial charge on any atom is -0.387 e. The number of amidine groups is 1. The molecule has 1 aromatic heterocycles.